The molecule has 0 bridgehead atoms. The molecule has 1 N–H and O–H groups in total. The molecule has 2 heterocycles. The van der Waals surface area contributed by atoms with Crippen LogP contribution in [-0.4, -0.2) is 9.51 Å². The molecule has 4 aromatic rings. The van der Waals surface area contributed by atoms with E-state index in [0.717, 1.165) is 22.4 Å². The van der Waals surface area contributed by atoms with Crippen molar-refractivity contribution in [1.82, 2.24) is 4.40 Å². The van der Waals surface area contributed by atoms with Gasteiger partial charge in [-0.25, -0.2) is 0 Å². The van der Waals surface area contributed by atoms with Gasteiger partial charge in [0.15, 0.2) is 0 Å². The SMILES string of the molecule is Cc1c(CO)c(-c2ccccc2)c2c3ccccc3ccn12. The Morgan fingerprint density at radius 3 is 2.41 bits per heavy atom. The number of pyridine rings is 1. The Morgan fingerprint density at radius 2 is 1.64 bits per heavy atom. The first-order valence-electron chi connectivity index (χ1n) is 7.49. The van der Waals surface area contributed by atoms with Crippen LogP contribution in [0.4, 0.5) is 0 Å². The maximum atomic E-state index is 9.92. The van der Waals surface area contributed by atoms with Crippen molar-refractivity contribution in [2.75, 3.05) is 0 Å². The Morgan fingerprint density at radius 1 is 0.909 bits per heavy atom. The van der Waals surface area contributed by atoms with Crippen LogP contribution in [0.5, 0.6) is 0 Å². The first-order valence-corrected chi connectivity index (χ1v) is 7.49. The highest BCUT2D eigenvalue weighted by atomic mass is 16.3. The molecule has 0 aliphatic heterocycles. The molecule has 2 aromatic heterocycles. The quantitative estimate of drug-likeness (QED) is 0.574. The predicted octanol–water partition coefficient (Wildman–Crippen LogP) is 4.56. The molecular weight excluding hydrogens is 270 g/mol. The lowest BCUT2D eigenvalue weighted by Crippen LogP contribution is -1.89. The van der Waals surface area contributed by atoms with Crippen molar-refractivity contribution in [3.63, 3.8) is 0 Å². The van der Waals surface area contributed by atoms with Gasteiger partial charge in [-0.2, -0.15) is 0 Å². The van der Waals surface area contributed by atoms with Crippen LogP contribution < -0.4 is 0 Å². The molecule has 22 heavy (non-hydrogen) atoms. The van der Waals surface area contributed by atoms with Crippen LogP contribution in [0.15, 0.2) is 66.9 Å². The van der Waals surface area contributed by atoms with E-state index in [1.807, 2.05) is 18.2 Å². The number of fused-ring (bicyclic) bond motifs is 3. The monoisotopic (exact) mass is 287 g/mol. The van der Waals surface area contributed by atoms with E-state index in [1.165, 1.54) is 16.3 Å². The Labute approximate surface area is 129 Å². The molecule has 0 unspecified atom stereocenters. The minimum absolute atomic E-state index is 0.0477. The second-order valence-electron chi connectivity index (χ2n) is 5.58. The number of benzene rings is 2. The maximum Gasteiger partial charge on any atom is 0.0705 e. The number of aliphatic hydroxyl groups excluding tert-OH is 1. The molecule has 2 aromatic carbocycles. The fourth-order valence-corrected chi connectivity index (χ4v) is 3.33. The molecule has 0 aliphatic carbocycles. The van der Waals surface area contributed by atoms with Crippen LogP contribution >= 0.6 is 0 Å². The Bertz CT molecular complexity index is 967. The molecule has 0 saturated carbocycles. The zero-order valence-corrected chi connectivity index (χ0v) is 12.5. The van der Waals surface area contributed by atoms with Gasteiger partial charge in [0.1, 0.15) is 0 Å². The number of aromatic nitrogens is 1. The fraction of sp³-hybridized carbons (Fsp3) is 0.100. The maximum absolute atomic E-state index is 9.92. The van der Waals surface area contributed by atoms with Crippen LogP contribution in [0.2, 0.25) is 0 Å². The van der Waals surface area contributed by atoms with E-state index in [2.05, 4.69) is 60.0 Å². The summed E-state index contributed by atoms with van der Waals surface area (Å²) in [6, 6.07) is 20.9. The molecule has 0 amide bonds. The number of rotatable bonds is 2. The highest BCUT2D eigenvalue weighted by Crippen LogP contribution is 2.36. The highest BCUT2D eigenvalue weighted by molar-refractivity contribution is 6.04. The van der Waals surface area contributed by atoms with Gasteiger partial charge in [-0.3, -0.25) is 0 Å². The third-order valence-corrected chi connectivity index (χ3v) is 4.42. The summed E-state index contributed by atoms with van der Waals surface area (Å²) in [6.45, 7) is 2.12. The number of hydrogen-bond acceptors (Lipinski definition) is 1. The summed E-state index contributed by atoms with van der Waals surface area (Å²) in [5.74, 6) is 0. The van der Waals surface area contributed by atoms with Gasteiger partial charge in [0, 0.05) is 28.4 Å². The average Bonchev–Trinajstić information content (AvgIpc) is 2.88. The minimum Gasteiger partial charge on any atom is -0.392 e. The average molecular weight is 287 g/mol. The van der Waals surface area contributed by atoms with Crippen LogP contribution in [-0.2, 0) is 6.61 Å². The molecule has 0 fully saturated rings. The first kappa shape index (κ1) is 13.1. The lowest BCUT2D eigenvalue weighted by Gasteiger charge is -2.06. The molecule has 2 heteroatoms. The summed E-state index contributed by atoms with van der Waals surface area (Å²) in [5.41, 5.74) is 5.56. The highest BCUT2D eigenvalue weighted by Gasteiger charge is 2.17. The Hall–Kier alpha value is -2.58. The van der Waals surface area contributed by atoms with E-state index in [-0.39, 0.29) is 6.61 Å². The molecule has 0 spiro atoms. The van der Waals surface area contributed by atoms with Crippen molar-refractivity contribution in [2.24, 2.45) is 0 Å². The van der Waals surface area contributed by atoms with Gasteiger partial charge in [0.2, 0.25) is 0 Å². The van der Waals surface area contributed by atoms with Crippen LogP contribution in [0.25, 0.3) is 27.4 Å². The summed E-state index contributed by atoms with van der Waals surface area (Å²) >= 11 is 0. The zero-order chi connectivity index (χ0) is 15.1. The largest absolute Gasteiger partial charge is 0.392 e. The van der Waals surface area contributed by atoms with Crippen molar-refractivity contribution in [2.45, 2.75) is 13.5 Å². The predicted molar refractivity (Wildman–Crippen MR) is 91.0 cm³/mol. The number of hydrogen-bond donors (Lipinski definition) is 1. The second-order valence-corrected chi connectivity index (χ2v) is 5.58. The van der Waals surface area contributed by atoms with Gasteiger partial charge in [-0.1, -0.05) is 54.6 Å². The summed E-state index contributed by atoms with van der Waals surface area (Å²) in [6.07, 6.45) is 2.10. The standard InChI is InChI=1S/C20H17NO/c1-14-18(13-22)19(16-8-3-2-4-9-16)20-17-10-6-5-7-15(17)11-12-21(14)20/h2-12,22H,13H2,1H3. The zero-order valence-electron chi connectivity index (χ0n) is 12.5. The van der Waals surface area contributed by atoms with Crippen molar-refractivity contribution >= 4 is 16.3 Å². The van der Waals surface area contributed by atoms with Gasteiger partial charge in [-0.15, -0.1) is 0 Å². The van der Waals surface area contributed by atoms with E-state index in [0.29, 0.717) is 0 Å². The number of aryl methyl sites for hydroxylation is 1. The molecule has 0 atom stereocenters. The smallest absolute Gasteiger partial charge is 0.0705 e. The van der Waals surface area contributed by atoms with E-state index in [9.17, 15) is 5.11 Å². The van der Waals surface area contributed by atoms with Gasteiger partial charge in [-0.05, 0) is 23.9 Å². The lowest BCUT2D eigenvalue weighted by atomic mass is 9.99. The number of nitrogens with zero attached hydrogens (tertiary/aromatic N) is 1. The van der Waals surface area contributed by atoms with Crippen LogP contribution in [0.1, 0.15) is 11.3 Å². The molecule has 108 valence electrons. The van der Waals surface area contributed by atoms with E-state index < -0.39 is 0 Å². The normalized spacial score (nSPS) is 11.4. The first-order chi connectivity index (χ1) is 10.8. The third kappa shape index (κ3) is 1.78. The van der Waals surface area contributed by atoms with Gasteiger partial charge >= 0.3 is 0 Å². The van der Waals surface area contributed by atoms with E-state index in [4.69, 9.17) is 0 Å². The molecule has 0 saturated heterocycles. The van der Waals surface area contributed by atoms with Crippen molar-refractivity contribution in [3.8, 4) is 11.1 Å². The summed E-state index contributed by atoms with van der Waals surface area (Å²) in [4.78, 5) is 0. The van der Waals surface area contributed by atoms with Crippen LogP contribution in [0.3, 0.4) is 0 Å². The summed E-state index contributed by atoms with van der Waals surface area (Å²) in [5, 5.41) is 12.4. The van der Waals surface area contributed by atoms with E-state index >= 15 is 0 Å². The second kappa shape index (κ2) is 5.00. The summed E-state index contributed by atoms with van der Waals surface area (Å²) < 4.78 is 2.19. The Balaban J connectivity index is 2.24. The molecule has 2 nitrogen and oxygen atoms in total. The summed E-state index contributed by atoms with van der Waals surface area (Å²) in [7, 11) is 0. The lowest BCUT2D eigenvalue weighted by molar-refractivity contribution is 0.281. The molecule has 4 rings (SSSR count). The Kier molecular flexibility index (Phi) is 2.98. The van der Waals surface area contributed by atoms with Crippen molar-refractivity contribution < 1.29 is 5.11 Å². The minimum atomic E-state index is 0.0477. The topological polar surface area (TPSA) is 24.6 Å². The molecular formula is C20H17NO. The van der Waals surface area contributed by atoms with Gasteiger partial charge < -0.3 is 9.51 Å². The van der Waals surface area contributed by atoms with Crippen molar-refractivity contribution in [1.29, 1.82) is 0 Å². The van der Waals surface area contributed by atoms with E-state index in [1.54, 1.807) is 0 Å². The third-order valence-electron chi connectivity index (χ3n) is 4.42. The van der Waals surface area contributed by atoms with Crippen LogP contribution in [0, 0.1) is 6.92 Å². The van der Waals surface area contributed by atoms with Gasteiger partial charge in [0.25, 0.3) is 0 Å². The van der Waals surface area contributed by atoms with Crippen molar-refractivity contribution in [3.05, 3.63) is 78.1 Å². The molecule has 0 aliphatic rings. The van der Waals surface area contributed by atoms with Gasteiger partial charge in [0.05, 0.1) is 12.1 Å². The fourth-order valence-electron chi connectivity index (χ4n) is 3.33. The molecule has 0 radical (unpaired) electrons. The number of aliphatic hydroxyl groups is 1.